The summed E-state index contributed by atoms with van der Waals surface area (Å²) in [5, 5.41) is 0.287. The predicted molar refractivity (Wildman–Crippen MR) is 57.1 cm³/mol. The van der Waals surface area contributed by atoms with Gasteiger partial charge in [-0.2, -0.15) is 0 Å². The highest BCUT2D eigenvalue weighted by molar-refractivity contribution is 9.10. The van der Waals surface area contributed by atoms with Gasteiger partial charge in [0, 0.05) is 4.47 Å². The van der Waals surface area contributed by atoms with E-state index in [0.717, 1.165) is 6.07 Å². The van der Waals surface area contributed by atoms with Crippen LogP contribution in [0, 0.1) is 5.82 Å². The molecule has 5 heteroatoms. The van der Waals surface area contributed by atoms with E-state index in [0.29, 0.717) is 4.47 Å². The largest absolute Gasteiger partial charge is 0.321 e. The van der Waals surface area contributed by atoms with Crippen molar-refractivity contribution in [1.82, 2.24) is 0 Å². The molecule has 0 aliphatic heterocycles. The summed E-state index contributed by atoms with van der Waals surface area (Å²) in [5.74, 6) is -1.08. The van der Waals surface area contributed by atoms with E-state index < -0.39 is 17.6 Å². The summed E-state index contributed by atoms with van der Waals surface area (Å²) in [6.45, 7) is 1.50. The number of nitrogens with two attached hydrogens (primary N) is 1. The number of carbonyl (C=O) groups excluding carboxylic acids is 1. The van der Waals surface area contributed by atoms with Gasteiger partial charge in [0.05, 0.1) is 16.6 Å². The smallest absolute Gasteiger partial charge is 0.182 e. The second-order valence-corrected chi connectivity index (χ2v) is 4.16. The molecule has 0 saturated heterocycles. The number of hydrogen-bond donors (Lipinski definition) is 1. The lowest BCUT2D eigenvalue weighted by Gasteiger charge is -2.06. The SMILES string of the molecule is CC(N)C(=O)c1cc(Cl)c(Br)cc1F. The van der Waals surface area contributed by atoms with Crippen molar-refractivity contribution in [2.75, 3.05) is 0 Å². The topological polar surface area (TPSA) is 43.1 Å². The van der Waals surface area contributed by atoms with Crippen molar-refractivity contribution in [3.8, 4) is 0 Å². The van der Waals surface area contributed by atoms with Gasteiger partial charge < -0.3 is 5.73 Å². The molecule has 0 aromatic heterocycles. The van der Waals surface area contributed by atoms with Crippen LogP contribution in [0.15, 0.2) is 16.6 Å². The van der Waals surface area contributed by atoms with E-state index in [1.807, 2.05) is 0 Å². The summed E-state index contributed by atoms with van der Waals surface area (Å²) in [4.78, 5) is 11.4. The van der Waals surface area contributed by atoms with E-state index in [1.165, 1.54) is 13.0 Å². The summed E-state index contributed by atoms with van der Waals surface area (Å²) >= 11 is 8.78. The lowest BCUT2D eigenvalue weighted by Crippen LogP contribution is -2.27. The van der Waals surface area contributed by atoms with Gasteiger partial charge in [0.25, 0.3) is 0 Å². The first-order valence-electron chi connectivity index (χ1n) is 3.88. The zero-order valence-corrected chi connectivity index (χ0v) is 9.69. The fourth-order valence-corrected chi connectivity index (χ4v) is 1.44. The van der Waals surface area contributed by atoms with E-state index in [9.17, 15) is 9.18 Å². The Balaban J connectivity index is 3.22. The minimum absolute atomic E-state index is 0.0757. The van der Waals surface area contributed by atoms with Crippen LogP contribution >= 0.6 is 27.5 Å². The van der Waals surface area contributed by atoms with E-state index in [-0.39, 0.29) is 10.6 Å². The Morgan fingerprint density at radius 1 is 1.64 bits per heavy atom. The number of carbonyl (C=O) groups is 1. The van der Waals surface area contributed by atoms with Crippen LogP contribution in [0.1, 0.15) is 17.3 Å². The first kappa shape index (κ1) is 11.6. The summed E-state index contributed by atoms with van der Waals surface area (Å²) in [7, 11) is 0. The van der Waals surface area contributed by atoms with E-state index in [1.54, 1.807) is 0 Å². The summed E-state index contributed by atoms with van der Waals surface area (Å²) in [6.07, 6.45) is 0. The molecule has 76 valence electrons. The van der Waals surface area contributed by atoms with E-state index in [2.05, 4.69) is 15.9 Å². The Morgan fingerprint density at radius 3 is 2.71 bits per heavy atom. The molecule has 0 bridgehead atoms. The van der Waals surface area contributed by atoms with Crippen molar-refractivity contribution >= 4 is 33.3 Å². The monoisotopic (exact) mass is 279 g/mol. The van der Waals surface area contributed by atoms with Gasteiger partial charge in [0.1, 0.15) is 5.82 Å². The summed E-state index contributed by atoms with van der Waals surface area (Å²) < 4.78 is 13.7. The third kappa shape index (κ3) is 2.32. The minimum atomic E-state index is -0.734. The van der Waals surface area contributed by atoms with Crippen molar-refractivity contribution in [2.24, 2.45) is 5.73 Å². The quantitative estimate of drug-likeness (QED) is 0.669. The first-order valence-corrected chi connectivity index (χ1v) is 5.05. The van der Waals surface area contributed by atoms with Crippen LogP contribution in [0.5, 0.6) is 0 Å². The van der Waals surface area contributed by atoms with Crippen molar-refractivity contribution < 1.29 is 9.18 Å². The molecule has 0 fully saturated rings. The number of halogens is 3. The van der Waals surface area contributed by atoms with Crippen molar-refractivity contribution in [2.45, 2.75) is 13.0 Å². The molecule has 0 saturated carbocycles. The lowest BCUT2D eigenvalue weighted by atomic mass is 10.1. The highest BCUT2D eigenvalue weighted by Crippen LogP contribution is 2.26. The zero-order chi connectivity index (χ0) is 10.9. The summed E-state index contributed by atoms with van der Waals surface area (Å²) in [6, 6.07) is 1.69. The van der Waals surface area contributed by atoms with Gasteiger partial charge in [-0.3, -0.25) is 4.79 Å². The zero-order valence-electron chi connectivity index (χ0n) is 7.35. The van der Waals surface area contributed by atoms with Crippen LogP contribution in [0.2, 0.25) is 5.02 Å². The van der Waals surface area contributed by atoms with Crippen LogP contribution in [-0.2, 0) is 0 Å². The van der Waals surface area contributed by atoms with E-state index in [4.69, 9.17) is 17.3 Å². The standard InChI is InChI=1S/C9H8BrClFNO/c1-4(13)9(14)5-2-7(11)6(10)3-8(5)12/h2-4H,13H2,1H3. The first-order chi connectivity index (χ1) is 6.43. The molecule has 1 unspecified atom stereocenters. The Morgan fingerprint density at radius 2 is 2.21 bits per heavy atom. The fourth-order valence-electron chi connectivity index (χ4n) is 0.957. The lowest BCUT2D eigenvalue weighted by molar-refractivity contribution is 0.0964. The van der Waals surface area contributed by atoms with Gasteiger partial charge in [-0.25, -0.2) is 4.39 Å². The van der Waals surface area contributed by atoms with Crippen molar-refractivity contribution in [3.05, 3.63) is 33.0 Å². The molecule has 0 radical (unpaired) electrons. The van der Waals surface area contributed by atoms with Crippen LogP contribution in [-0.4, -0.2) is 11.8 Å². The van der Waals surface area contributed by atoms with Crippen molar-refractivity contribution in [3.63, 3.8) is 0 Å². The van der Waals surface area contributed by atoms with Crippen LogP contribution in [0.3, 0.4) is 0 Å². The Kier molecular flexibility index (Phi) is 3.64. The third-order valence-electron chi connectivity index (χ3n) is 1.69. The molecule has 2 nitrogen and oxygen atoms in total. The number of rotatable bonds is 2. The Hall–Kier alpha value is -0.450. The molecule has 1 aromatic carbocycles. The second-order valence-electron chi connectivity index (χ2n) is 2.90. The normalized spacial score (nSPS) is 12.6. The average molecular weight is 281 g/mol. The molecular weight excluding hydrogens is 272 g/mol. The highest BCUT2D eigenvalue weighted by Gasteiger charge is 2.17. The van der Waals surface area contributed by atoms with Gasteiger partial charge in [-0.15, -0.1) is 0 Å². The molecule has 1 rings (SSSR count). The number of benzene rings is 1. The Bertz CT molecular complexity index is 381. The fraction of sp³-hybridized carbons (Fsp3) is 0.222. The van der Waals surface area contributed by atoms with Crippen LogP contribution in [0.4, 0.5) is 4.39 Å². The van der Waals surface area contributed by atoms with Gasteiger partial charge in [-0.1, -0.05) is 11.6 Å². The molecular formula is C9H8BrClFNO. The molecule has 0 heterocycles. The maximum atomic E-state index is 13.3. The second kappa shape index (κ2) is 4.38. The Labute approximate surface area is 94.4 Å². The molecule has 14 heavy (non-hydrogen) atoms. The highest BCUT2D eigenvalue weighted by atomic mass is 79.9. The predicted octanol–water partition coefficient (Wildman–Crippen LogP) is 2.77. The van der Waals surface area contributed by atoms with Crippen LogP contribution in [0.25, 0.3) is 0 Å². The van der Waals surface area contributed by atoms with Gasteiger partial charge in [-0.05, 0) is 35.0 Å². The molecule has 2 N–H and O–H groups in total. The molecule has 0 aliphatic rings. The maximum absolute atomic E-state index is 13.3. The molecule has 1 aromatic rings. The average Bonchev–Trinajstić information content (AvgIpc) is 2.10. The molecule has 0 amide bonds. The third-order valence-corrected chi connectivity index (χ3v) is 2.89. The van der Waals surface area contributed by atoms with Gasteiger partial charge >= 0.3 is 0 Å². The number of Topliss-reactive ketones (excluding diaryl/α,β-unsaturated/α-hetero) is 1. The number of hydrogen-bond acceptors (Lipinski definition) is 2. The minimum Gasteiger partial charge on any atom is -0.321 e. The van der Waals surface area contributed by atoms with Crippen molar-refractivity contribution in [1.29, 1.82) is 0 Å². The molecule has 0 aliphatic carbocycles. The van der Waals surface area contributed by atoms with Gasteiger partial charge in [0.15, 0.2) is 5.78 Å². The number of ketones is 1. The van der Waals surface area contributed by atoms with E-state index >= 15 is 0 Å². The molecule has 0 spiro atoms. The summed E-state index contributed by atoms with van der Waals surface area (Å²) in [5.41, 5.74) is 5.28. The molecule has 1 atom stereocenters. The van der Waals surface area contributed by atoms with Gasteiger partial charge in [0.2, 0.25) is 0 Å². The maximum Gasteiger partial charge on any atom is 0.182 e. The van der Waals surface area contributed by atoms with Crippen LogP contribution < -0.4 is 5.73 Å².